The third-order valence-corrected chi connectivity index (χ3v) is 2.61. The number of nitrogens with one attached hydrogen (secondary N) is 1. The Morgan fingerprint density at radius 2 is 1.85 bits per heavy atom. The molecule has 0 saturated heterocycles. The molecule has 108 valence electrons. The molecule has 0 aromatic heterocycles. The highest BCUT2D eigenvalue weighted by Crippen LogP contribution is 1.98. The summed E-state index contributed by atoms with van der Waals surface area (Å²) < 4.78 is 0. The molecule has 1 aromatic carbocycles. The molecule has 6 heteroatoms. The van der Waals surface area contributed by atoms with Crippen molar-refractivity contribution in [2.24, 2.45) is 0 Å². The average Bonchev–Trinajstić information content (AvgIpc) is 2.44. The summed E-state index contributed by atoms with van der Waals surface area (Å²) in [4.78, 5) is 35.5. The molecule has 1 aromatic rings. The number of carbonyl (C=O) groups excluding carboxylic acids is 2. The SMILES string of the molecule is CCCN(CC(=O)O)C(=O)CNC(=O)c1ccccc1. The summed E-state index contributed by atoms with van der Waals surface area (Å²) in [6, 6.07) is 8.52. The molecule has 0 aliphatic rings. The van der Waals surface area contributed by atoms with E-state index in [0.717, 1.165) is 0 Å². The van der Waals surface area contributed by atoms with Crippen molar-refractivity contribution in [1.82, 2.24) is 10.2 Å². The molecule has 0 unspecified atom stereocenters. The molecule has 0 heterocycles. The number of aliphatic carboxylic acids is 1. The minimum Gasteiger partial charge on any atom is -0.480 e. The summed E-state index contributed by atoms with van der Waals surface area (Å²) in [6.45, 7) is 1.64. The van der Waals surface area contributed by atoms with Crippen LogP contribution in [-0.4, -0.2) is 47.4 Å². The van der Waals surface area contributed by atoms with Gasteiger partial charge in [-0.2, -0.15) is 0 Å². The van der Waals surface area contributed by atoms with Crippen molar-refractivity contribution in [2.75, 3.05) is 19.6 Å². The van der Waals surface area contributed by atoms with Crippen molar-refractivity contribution in [3.8, 4) is 0 Å². The van der Waals surface area contributed by atoms with E-state index in [1.807, 2.05) is 6.92 Å². The molecule has 0 spiro atoms. The first-order chi connectivity index (χ1) is 9.54. The van der Waals surface area contributed by atoms with Crippen molar-refractivity contribution >= 4 is 17.8 Å². The van der Waals surface area contributed by atoms with Gasteiger partial charge >= 0.3 is 5.97 Å². The molecule has 0 aliphatic heterocycles. The minimum atomic E-state index is -1.07. The largest absolute Gasteiger partial charge is 0.480 e. The molecule has 0 bridgehead atoms. The second kappa shape index (κ2) is 7.93. The van der Waals surface area contributed by atoms with Crippen LogP contribution in [0.15, 0.2) is 30.3 Å². The van der Waals surface area contributed by atoms with E-state index in [4.69, 9.17) is 5.11 Å². The van der Waals surface area contributed by atoms with Gasteiger partial charge in [-0.05, 0) is 18.6 Å². The highest BCUT2D eigenvalue weighted by molar-refractivity contribution is 5.96. The average molecular weight is 278 g/mol. The fourth-order valence-electron chi connectivity index (χ4n) is 1.68. The number of carboxylic acid groups (broad SMARTS) is 1. The Kier molecular flexibility index (Phi) is 6.22. The lowest BCUT2D eigenvalue weighted by Crippen LogP contribution is -2.42. The van der Waals surface area contributed by atoms with Gasteiger partial charge in [-0.25, -0.2) is 0 Å². The van der Waals surface area contributed by atoms with Gasteiger partial charge in [0.05, 0.1) is 6.54 Å². The van der Waals surface area contributed by atoms with Crippen molar-refractivity contribution in [3.63, 3.8) is 0 Å². The third-order valence-electron chi connectivity index (χ3n) is 2.61. The minimum absolute atomic E-state index is 0.207. The van der Waals surface area contributed by atoms with Gasteiger partial charge in [0.2, 0.25) is 5.91 Å². The first-order valence-electron chi connectivity index (χ1n) is 6.37. The second-order valence-electron chi connectivity index (χ2n) is 4.26. The molecular formula is C14H18N2O4. The van der Waals surface area contributed by atoms with E-state index >= 15 is 0 Å². The summed E-state index contributed by atoms with van der Waals surface area (Å²) in [5, 5.41) is 11.2. The Bertz CT molecular complexity index is 473. The smallest absolute Gasteiger partial charge is 0.323 e. The van der Waals surface area contributed by atoms with E-state index < -0.39 is 11.9 Å². The summed E-state index contributed by atoms with van der Waals surface area (Å²) >= 11 is 0. The van der Waals surface area contributed by atoms with E-state index in [9.17, 15) is 14.4 Å². The number of hydrogen-bond donors (Lipinski definition) is 2. The van der Waals surface area contributed by atoms with E-state index in [1.165, 1.54) is 4.90 Å². The number of hydrogen-bond acceptors (Lipinski definition) is 3. The maximum Gasteiger partial charge on any atom is 0.323 e. The van der Waals surface area contributed by atoms with Crippen LogP contribution in [0.3, 0.4) is 0 Å². The lowest BCUT2D eigenvalue weighted by molar-refractivity contribution is -0.144. The fourth-order valence-corrected chi connectivity index (χ4v) is 1.68. The number of nitrogens with zero attached hydrogens (tertiary/aromatic N) is 1. The summed E-state index contributed by atoms with van der Waals surface area (Å²) in [6.07, 6.45) is 0.658. The fraction of sp³-hybridized carbons (Fsp3) is 0.357. The number of rotatable bonds is 7. The number of benzene rings is 1. The lowest BCUT2D eigenvalue weighted by atomic mass is 10.2. The van der Waals surface area contributed by atoms with Crippen LogP contribution in [0.2, 0.25) is 0 Å². The van der Waals surface area contributed by atoms with Gasteiger partial charge in [-0.1, -0.05) is 25.1 Å². The van der Waals surface area contributed by atoms with Gasteiger partial charge in [-0.3, -0.25) is 14.4 Å². The van der Waals surface area contributed by atoms with Gasteiger partial charge in [0.15, 0.2) is 0 Å². The molecule has 1 rings (SSSR count). The van der Waals surface area contributed by atoms with E-state index in [1.54, 1.807) is 30.3 Å². The van der Waals surface area contributed by atoms with Crippen molar-refractivity contribution in [2.45, 2.75) is 13.3 Å². The van der Waals surface area contributed by atoms with Gasteiger partial charge in [0.25, 0.3) is 5.91 Å². The zero-order valence-electron chi connectivity index (χ0n) is 11.3. The first kappa shape index (κ1) is 15.7. The monoisotopic (exact) mass is 278 g/mol. The normalized spacial score (nSPS) is 9.85. The molecule has 0 fully saturated rings. The lowest BCUT2D eigenvalue weighted by Gasteiger charge is -2.20. The topological polar surface area (TPSA) is 86.7 Å². The number of amides is 2. The van der Waals surface area contributed by atoms with Crippen LogP contribution in [0.25, 0.3) is 0 Å². The Morgan fingerprint density at radius 1 is 1.20 bits per heavy atom. The van der Waals surface area contributed by atoms with Crippen molar-refractivity contribution in [1.29, 1.82) is 0 Å². The van der Waals surface area contributed by atoms with Crippen LogP contribution in [0.1, 0.15) is 23.7 Å². The van der Waals surface area contributed by atoms with E-state index in [-0.39, 0.29) is 19.0 Å². The van der Waals surface area contributed by atoms with Gasteiger partial charge in [-0.15, -0.1) is 0 Å². The maximum absolute atomic E-state index is 11.9. The summed E-state index contributed by atoms with van der Waals surface area (Å²) in [5.74, 6) is -1.83. The van der Waals surface area contributed by atoms with Crippen LogP contribution in [0.5, 0.6) is 0 Å². The first-order valence-corrected chi connectivity index (χ1v) is 6.37. The van der Waals surface area contributed by atoms with E-state index in [0.29, 0.717) is 18.5 Å². The number of carboxylic acids is 1. The molecule has 0 aliphatic carbocycles. The summed E-state index contributed by atoms with van der Waals surface area (Å²) in [5.41, 5.74) is 0.459. The van der Waals surface area contributed by atoms with Gasteiger partial charge in [0, 0.05) is 12.1 Å². The Labute approximate surface area is 117 Å². The van der Waals surface area contributed by atoms with Crippen LogP contribution in [0.4, 0.5) is 0 Å². The van der Waals surface area contributed by atoms with E-state index in [2.05, 4.69) is 5.32 Å². The van der Waals surface area contributed by atoms with Crippen LogP contribution >= 0.6 is 0 Å². The molecular weight excluding hydrogens is 260 g/mol. The zero-order valence-corrected chi connectivity index (χ0v) is 11.3. The predicted octanol–water partition coefficient (Wildman–Crippen LogP) is 0.740. The summed E-state index contributed by atoms with van der Waals surface area (Å²) in [7, 11) is 0. The molecule has 0 atom stereocenters. The Hall–Kier alpha value is -2.37. The molecule has 2 N–H and O–H groups in total. The Balaban J connectivity index is 2.52. The second-order valence-corrected chi connectivity index (χ2v) is 4.26. The standard InChI is InChI=1S/C14H18N2O4/c1-2-8-16(10-13(18)19)12(17)9-15-14(20)11-6-4-3-5-7-11/h3-7H,2,8-10H2,1H3,(H,15,20)(H,18,19). The Morgan fingerprint density at radius 3 is 2.40 bits per heavy atom. The molecule has 2 amide bonds. The van der Waals surface area contributed by atoms with Crippen molar-refractivity contribution in [3.05, 3.63) is 35.9 Å². The predicted molar refractivity (Wildman–Crippen MR) is 73.3 cm³/mol. The van der Waals surface area contributed by atoms with Gasteiger partial charge < -0.3 is 15.3 Å². The zero-order chi connectivity index (χ0) is 15.0. The van der Waals surface area contributed by atoms with Crippen LogP contribution in [-0.2, 0) is 9.59 Å². The van der Waals surface area contributed by atoms with Gasteiger partial charge in [0.1, 0.15) is 6.54 Å². The van der Waals surface area contributed by atoms with Crippen molar-refractivity contribution < 1.29 is 19.5 Å². The molecule has 20 heavy (non-hydrogen) atoms. The van der Waals surface area contributed by atoms with Crippen LogP contribution < -0.4 is 5.32 Å². The molecule has 0 saturated carbocycles. The molecule has 6 nitrogen and oxygen atoms in total. The number of carbonyl (C=O) groups is 3. The highest BCUT2D eigenvalue weighted by atomic mass is 16.4. The highest BCUT2D eigenvalue weighted by Gasteiger charge is 2.16. The van der Waals surface area contributed by atoms with Crippen LogP contribution in [0, 0.1) is 0 Å². The maximum atomic E-state index is 11.9. The quantitative estimate of drug-likeness (QED) is 0.770. The third kappa shape index (κ3) is 5.09. The molecule has 0 radical (unpaired) electrons.